The molecule has 1 rings (SSSR count). The van der Waals surface area contributed by atoms with E-state index in [0.717, 1.165) is 5.75 Å². The maximum atomic E-state index is 10.2. The average Bonchev–Trinajstić information content (AvgIpc) is 2.12. The van der Waals surface area contributed by atoms with Crippen molar-refractivity contribution in [2.45, 2.75) is 5.25 Å². The van der Waals surface area contributed by atoms with E-state index in [1.165, 1.54) is 0 Å². The van der Waals surface area contributed by atoms with Gasteiger partial charge in [0, 0.05) is 0 Å². The quantitative estimate of drug-likeness (QED) is 0.486. The van der Waals surface area contributed by atoms with Gasteiger partial charge in [0.05, 0.1) is 0 Å². The van der Waals surface area contributed by atoms with Gasteiger partial charge in [-0.05, 0) is 0 Å². The Balaban J connectivity index is 2.38. The summed E-state index contributed by atoms with van der Waals surface area (Å²) in [5, 5.41) is 0.121. The summed E-state index contributed by atoms with van der Waals surface area (Å²) in [6, 6.07) is 0. The second-order valence-electron chi connectivity index (χ2n) is 1.86. The van der Waals surface area contributed by atoms with Crippen LogP contribution in [0.3, 0.4) is 0 Å². The number of rotatable bonds is 2. The molecule has 1 aliphatic rings. The Hall–Kier alpha value is 1.53. The fraction of sp³-hybridized carbons (Fsp3) is 1.00. The second-order valence-corrected chi connectivity index (χ2v) is 17.4. The summed E-state index contributed by atoms with van der Waals surface area (Å²) in [4.78, 5) is 0. The van der Waals surface area contributed by atoms with Crippen molar-refractivity contribution in [1.29, 1.82) is 0 Å². The van der Waals surface area contributed by atoms with Crippen molar-refractivity contribution >= 4 is 48.0 Å². The summed E-state index contributed by atoms with van der Waals surface area (Å²) in [5.41, 5.74) is 0. The first kappa shape index (κ1) is 9.62. The van der Waals surface area contributed by atoms with E-state index in [-0.39, 0.29) is 11.0 Å². The van der Waals surface area contributed by atoms with E-state index in [0.29, 0.717) is 0 Å². The van der Waals surface area contributed by atoms with Gasteiger partial charge in [0.1, 0.15) is 0 Å². The zero-order chi connectivity index (χ0) is 7.61. The van der Waals surface area contributed by atoms with Crippen molar-refractivity contribution in [2.75, 3.05) is 11.5 Å². The van der Waals surface area contributed by atoms with Gasteiger partial charge in [0.2, 0.25) is 0 Å². The van der Waals surface area contributed by atoms with Crippen molar-refractivity contribution in [3.8, 4) is 0 Å². The molecule has 1 unspecified atom stereocenters. The fourth-order valence-corrected chi connectivity index (χ4v) is 22.0. The van der Waals surface area contributed by atoms with Crippen LogP contribution in [0.1, 0.15) is 0 Å². The van der Waals surface area contributed by atoms with E-state index in [2.05, 4.69) is 0 Å². The summed E-state index contributed by atoms with van der Waals surface area (Å²) in [7, 11) is -0.336. The van der Waals surface area contributed by atoms with Gasteiger partial charge in [-0.2, -0.15) is 0 Å². The third-order valence-electron chi connectivity index (χ3n) is 0.933. The first-order valence-corrected chi connectivity index (χ1v) is 15.5. The maximum absolute atomic E-state index is 10.2. The number of hydrogen-bond donors (Lipinski definition) is 0. The van der Waals surface area contributed by atoms with Crippen LogP contribution >= 0.6 is 16.6 Å². The molecule has 0 saturated carbocycles. The van der Waals surface area contributed by atoms with Gasteiger partial charge in [0.25, 0.3) is 0 Å². The van der Waals surface area contributed by atoms with Gasteiger partial charge in [-0.3, -0.25) is 0 Å². The fourth-order valence-electron chi connectivity index (χ4n) is 0.573. The molecular weight excluding hydrogens is 387 g/mol. The van der Waals surface area contributed by atoms with Crippen molar-refractivity contribution < 1.29 is 13.0 Å². The van der Waals surface area contributed by atoms with Crippen molar-refractivity contribution in [3.63, 3.8) is 0 Å². The van der Waals surface area contributed by atoms with E-state index in [1.54, 1.807) is 8.31 Å². The summed E-state index contributed by atoms with van der Waals surface area (Å²) in [6.45, 7) is 0. The molecular formula is C3H5O3PbS3-. The van der Waals surface area contributed by atoms with Crippen LogP contribution in [-0.4, -0.2) is 51.0 Å². The molecule has 58 valence electrons. The van der Waals surface area contributed by atoms with E-state index < -0.39 is 31.4 Å². The van der Waals surface area contributed by atoms with Crippen LogP contribution in [0.15, 0.2) is 0 Å². The summed E-state index contributed by atoms with van der Waals surface area (Å²) in [6.07, 6.45) is 0. The van der Waals surface area contributed by atoms with Crippen LogP contribution in [0, 0.1) is 0 Å². The van der Waals surface area contributed by atoms with Gasteiger partial charge in [-0.1, -0.05) is 0 Å². The van der Waals surface area contributed by atoms with Crippen LogP contribution in [0.4, 0.5) is 0 Å². The Morgan fingerprint density at radius 2 is 2.40 bits per heavy atom. The molecule has 0 N–H and O–H groups in total. The van der Waals surface area contributed by atoms with Crippen molar-refractivity contribution in [3.05, 3.63) is 0 Å². The minimum absolute atomic E-state index is 0.121. The van der Waals surface area contributed by atoms with Crippen LogP contribution in [0.2, 0.25) is 0 Å². The molecule has 1 atom stereocenters. The van der Waals surface area contributed by atoms with Gasteiger partial charge in [-0.25, -0.2) is 0 Å². The second kappa shape index (κ2) is 3.97. The molecule has 0 aliphatic carbocycles. The molecule has 3 nitrogen and oxygen atoms in total. The van der Waals surface area contributed by atoms with Crippen molar-refractivity contribution in [1.82, 2.24) is 0 Å². The molecule has 0 amide bonds. The summed E-state index contributed by atoms with van der Waals surface area (Å²) < 4.78 is 30.7. The predicted octanol–water partition coefficient (Wildman–Crippen LogP) is -0.0856. The van der Waals surface area contributed by atoms with Crippen LogP contribution in [0.25, 0.3) is 0 Å². The molecule has 0 aromatic rings. The molecule has 1 heterocycles. The predicted molar refractivity (Wildman–Crippen MR) is 44.2 cm³/mol. The molecule has 1 aliphatic heterocycles. The van der Waals surface area contributed by atoms with E-state index in [9.17, 15) is 13.0 Å². The molecule has 2 radical (unpaired) electrons. The molecule has 1 saturated heterocycles. The zero-order valence-corrected chi connectivity index (χ0v) is 11.3. The normalized spacial score (nSPS) is 27.1. The van der Waals surface area contributed by atoms with Crippen molar-refractivity contribution in [2.24, 2.45) is 0 Å². The van der Waals surface area contributed by atoms with Crippen LogP contribution < -0.4 is 0 Å². The van der Waals surface area contributed by atoms with Gasteiger partial charge in [-0.15, -0.1) is 0 Å². The Kier molecular flexibility index (Phi) is 3.82. The molecule has 1 fully saturated rings. The summed E-state index contributed by atoms with van der Waals surface area (Å²) in [5.74, 6) is 0.729. The first-order valence-electron chi connectivity index (χ1n) is 2.54. The third kappa shape index (κ3) is 3.79. The zero-order valence-electron chi connectivity index (χ0n) is 4.94. The molecule has 0 aromatic heterocycles. The average molecular weight is 392 g/mol. The molecule has 0 aromatic carbocycles. The van der Waals surface area contributed by atoms with Gasteiger partial charge < -0.3 is 0 Å². The van der Waals surface area contributed by atoms with E-state index in [4.69, 9.17) is 0 Å². The van der Waals surface area contributed by atoms with Crippen LogP contribution in [0.5, 0.6) is 0 Å². The SMILES string of the molecule is O=S(=O)([O-])CC1C[S][Pb][S]1. The van der Waals surface area contributed by atoms with Gasteiger partial charge >= 0.3 is 77.7 Å². The Bertz CT molecular complexity index is 195. The Morgan fingerprint density at radius 1 is 1.70 bits per heavy atom. The topological polar surface area (TPSA) is 57.2 Å². The Labute approximate surface area is 77.0 Å². The molecule has 0 bridgehead atoms. The molecule has 0 spiro atoms. The standard InChI is InChI=1S/C3H8O3S3.Pb/c4-9(5,6)2-3(8)1-7;/h3,7-8H,1-2H2,(H,4,5,6);/q;+2/p-3. The van der Waals surface area contributed by atoms with Crippen LogP contribution in [-0.2, 0) is 10.1 Å². The molecule has 10 heavy (non-hydrogen) atoms. The summed E-state index contributed by atoms with van der Waals surface area (Å²) >= 11 is -0.567. The minimum atomic E-state index is -3.96. The van der Waals surface area contributed by atoms with Gasteiger partial charge in [0.15, 0.2) is 0 Å². The Morgan fingerprint density at radius 3 is 2.80 bits per heavy atom. The number of hydrogen-bond acceptors (Lipinski definition) is 5. The monoisotopic (exact) mass is 393 g/mol. The molecule has 7 heteroatoms. The van der Waals surface area contributed by atoms with E-state index in [1.807, 2.05) is 8.31 Å². The van der Waals surface area contributed by atoms with E-state index >= 15 is 0 Å². The first-order chi connectivity index (χ1) is 4.58. The third-order valence-corrected chi connectivity index (χ3v) is 17.6.